The van der Waals surface area contributed by atoms with Gasteiger partial charge in [-0.1, -0.05) is 41.7 Å². The first kappa shape index (κ1) is 12.3. The zero-order valence-corrected chi connectivity index (χ0v) is 11.3. The molecular formula is C13H15N5S. The molecule has 3 aromatic rings. The smallest absolute Gasteiger partial charge is 0.234 e. The molecule has 0 radical (unpaired) electrons. The normalized spacial score (nSPS) is 11.2. The van der Waals surface area contributed by atoms with Crippen molar-refractivity contribution in [2.45, 2.75) is 19.3 Å². The van der Waals surface area contributed by atoms with Gasteiger partial charge < -0.3 is 5.73 Å². The van der Waals surface area contributed by atoms with Gasteiger partial charge in [-0.3, -0.25) is 0 Å². The molecule has 1 aromatic carbocycles. The summed E-state index contributed by atoms with van der Waals surface area (Å²) in [6, 6.07) is 10.0. The molecule has 6 heteroatoms. The van der Waals surface area contributed by atoms with Crippen molar-refractivity contribution in [3.63, 3.8) is 0 Å². The van der Waals surface area contributed by atoms with Gasteiger partial charge in [0.15, 0.2) is 5.82 Å². The third kappa shape index (κ3) is 2.50. The first-order chi connectivity index (χ1) is 9.38. The molecule has 0 saturated carbocycles. The van der Waals surface area contributed by atoms with E-state index in [1.165, 1.54) is 0 Å². The molecule has 0 unspecified atom stereocenters. The lowest BCUT2D eigenvalue weighted by atomic mass is 10.2. The van der Waals surface area contributed by atoms with Crippen LogP contribution in [0.25, 0.3) is 16.3 Å². The van der Waals surface area contributed by atoms with Crippen molar-refractivity contribution in [3.05, 3.63) is 35.3 Å². The predicted molar refractivity (Wildman–Crippen MR) is 76.1 cm³/mol. The van der Waals surface area contributed by atoms with E-state index in [0.717, 1.165) is 47.2 Å². The minimum absolute atomic E-state index is 0.735. The van der Waals surface area contributed by atoms with Crippen LogP contribution in [0.15, 0.2) is 30.3 Å². The Labute approximate surface area is 115 Å². The van der Waals surface area contributed by atoms with Crippen molar-refractivity contribution in [3.8, 4) is 11.4 Å². The maximum atomic E-state index is 5.50. The van der Waals surface area contributed by atoms with E-state index in [1.54, 1.807) is 11.3 Å². The largest absolute Gasteiger partial charge is 0.330 e. The van der Waals surface area contributed by atoms with Crippen molar-refractivity contribution in [1.29, 1.82) is 0 Å². The summed E-state index contributed by atoms with van der Waals surface area (Å²) >= 11 is 1.60. The van der Waals surface area contributed by atoms with Gasteiger partial charge in [0.2, 0.25) is 4.96 Å². The standard InChI is InChI=1S/C13H15N5S/c14-9-5-4-8-11-17-18-12(15-16-13(18)19-11)10-6-2-1-3-7-10/h1-3,6-7H,4-5,8-9,14H2. The molecule has 2 aromatic heterocycles. The van der Waals surface area contributed by atoms with Gasteiger partial charge in [-0.05, 0) is 19.4 Å². The molecule has 3 rings (SSSR count). The third-order valence-electron chi connectivity index (χ3n) is 2.91. The van der Waals surface area contributed by atoms with E-state index in [2.05, 4.69) is 15.3 Å². The maximum Gasteiger partial charge on any atom is 0.234 e. The summed E-state index contributed by atoms with van der Waals surface area (Å²) < 4.78 is 1.83. The van der Waals surface area contributed by atoms with Crippen LogP contribution in [0.5, 0.6) is 0 Å². The SMILES string of the molecule is NCCCCc1nn2c(-c3ccccc3)nnc2s1. The summed E-state index contributed by atoms with van der Waals surface area (Å²) in [5.74, 6) is 0.803. The average Bonchev–Trinajstić information content (AvgIpc) is 3.00. The zero-order valence-electron chi connectivity index (χ0n) is 10.5. The van der Waals surface area contributed by atoms with Gasteiger partial charge in [0, 0.05) is 12.0 Å². The highest BCUT2D eigenvalue weighted by atomic mass is 32.1. The van der Waals surface area contributed by atoms with Crippen molar-refractivity contribution in [2.24, 2.45) is 5.73 Å². The van der Waals surface area contributed by atoms with Crippen LogP contribution in [0.3, 0.4) is 0 Å². The van der Waals surface area contributed by atoms with E-state index in [-0.39, 0.29) is 0 Å². The first-order valence-corrected chi connectivity index (χ1v) is 7.17. The highest BCUT2D eigenvalue weighted by Gasteiger charge is 2.12. The second-order valence-electron chi connectivity index (χ2n) is 4.33. The minimum atomic E-state index is 0.735. The summed E-state index contributed by atoms with van der Waals surface area (Å²) in [6.45, 7) is 0.735. The molecule has 0 fully saturated rings. The highest BCUT2D eigenvalue weighted by molar-refractivity contribution is 7.16. The summed E-state index contributed by atoms with van der Waals surface area (Å²) in [6.07, 6.45) is 3.06. The lowest BCUT2D eigenvalue weighted by Gasteiger charge is -1.96. The van der Waals surface area contributed by atoms with Crippen LogP contribution >= 0.6 is 11.3 Å². The van der Waals surface area contributed by atoms with Crippen molar-refractivity contribution < 1.29 is 0 Å². The Bertz CT molecular complexity index is 658. The molecule has 0 aliphatic carbocycles. The second-order valence-corrected chi connectivity index (χ2v) is 5.37. The van der Waals surface area contributed by atoms with Crippen LogP contribution in [0, 0.1) is 0 Å². The molecule has 0 aliphatic heterocycles. The van der Waals surface area contributed by atoms with E-state index in [9.17, 15) is 0 Å². The highest BCUT2D eigenvalue weighted by Crippen LogP contribution is 2.21. The third-order valence-corrected chi connectivity index (χ3v) is 3.87. The van der Waals surface area contributed by atoms with Gasteiger partial charge >= 0.3 is 0 Å². The number of aryl methyl sites for hydroxylation is 1. The fraction of sp³-hybridized carbons (Fsp3) is 0.308. The molecule has 0 saturated heterocycles. The van der Waals surface area contributed by atoms with E-state index >= 15 is 0 Å². The van der Waals surface area contributed by atoms with Crippen LogP contribution in [0.2, 0.25) is 0 Å². The fourth-order valence-electron chi connectivity index (χ4n) is 1.95. The predicted octanol–water partition coefficient (Wildman–Crippen LogP) is 2.13. The van der Waals surface area contributed by atoms with E-state index in [4.69, 9.17) is 5.73 Å². The van der Waals surface area contributed by atoms with Gasteiger partial charge in [0.1, 0.15) is 5.01 Å². The quantitative estimate of drug-likeness (QED) is 0.723. The summed E-state index contributed by atoms with van der Waals surface area (Å²) in [4.78, 5) is 0.849. The van der Waals surface area contributed by atoms with Crippen molar-refractivity contribution in [2.75, 3.05) is 6.54 Å². The van der Waals surface area contributed by atoms with Crippen LogP contribution in [-0.2, 0) is 6.42 Å². The van der Waals surface area contributed by atoms with Crippen molar-refractivity contribution in [1.82, 2.24) is 19.8 Å². The Morgan fingerprint density at radius 3 is 2.74 bits per heavy atom. The topological polar surface area (TPSA) is 69.1 Å². The number of rotatable bonds is 5. The van der Waals surface area contributed by atoms with Gasteiger partial charge in [-0.15, -0.1) is 10.2 Å². The molecule has 0 amide bonds. The maximum absolute atomic E-state index is 5.50. The Morgan fingerprint density at radius 2 is 1.95 bits per heavy atom. The van der Waals surface area contributed by atoms with Crippen LogP contribution < -0.4 is 5.73 Å². The lowest BCUT2D eigenvalue weighted by molar-refractivity contribution is 0.730. The molecular weight excluding hydrogens is 258 g/mol. The monoisotopic (exact) mass is 273 g/mol. The summed E-state index contributed by atoms with van der Waals surface area (Å²) in [5, 5.41) is 14.1. The molecule has 0 bridgehead atoms. The number of nitrogens with zero attached hydrogens (tertiary/aromatic N) is 4. The minimum Gasteiger partial charge on any atom is -0.330 e. The molecule has 0 aliphatic rings. The summed E-state index contributed by atoms with van der Waals surface area (Å²) in [7, 11) is 0. The number of hydrogen-bond acceptors (Lipinski definition) is 5. The number of fused-ring (bicyclic) bond motifs is 1. The van der Waals surface area contributed by atoms with Crippen LogP contribution in [-0.4, -0.2) is 26.4 Å². The number of benzene rings is 1. The molecule has 2 N–H and O–H groups in total. The van der Waals surface area contributed by atoms with Crippen molar-refractivity contribution >= 4 is 16.3 Å². The molecule has 0 spiro atoms. The van der Waals surface area contributed by atoms with E-state index < -0.39 is 0 Å². The summed E-state index contributed by atoms with van der Waals surface area (Å²) in [5.41, 5.74) is 6.54. The molecule has 19 heavy (non-hydrogen) atoms. The number of unbranched alkanes of at least 4 members (excludes halogenated alkanes) is 1. The zero-order chi connectivity index (χ0) is 13.1. The number of hydrogen-bond donors (Lipinski definition) is 1. The molecule has 98 valence electrons. The molecule has 2 heterocycles. The van der Waals surface area contributed by atoms with Crippen LogP contribution in [0.1, 0.15) is 17.8 Å². The lowest BCUT2D eigenvalue weighted by Crippen LogP contribution is -1.99. The van der Waals surface area contributed by atoms with Gasteiger partial charge in [-0.2, -0.15) is 9.61 Å². The fourth-order valence-corrected chi connectivity index (χ4v) is 2.82. The average molecular weight is 273 g/mol. The van der Waals surface area contributed by atoms with Gasteiger partial charge in [0.25, 0.3) is 0 Å². The van der Waals surface area contributed by atoms with Gasteiger partial charge in [0.05, 0.1) is 0 Å². The Morgan fingerprint density at radius 1 is 1.11 bits per heavy atom. The Balaban J connectivity index is 1.90. The van der Waals surface area contributed by atoms with E-state index in [0.29, 0.717) is 0 Å². The first-order valence-electron chi connectivity index (χ1n) is 6.35. The van der Waals surface area contributed by atoms with E-state index in [1.807, 2.05) is 34.8 Å². The number of aromatic nitrogens is 4. The number of nitrogens with two attached hydrogens (primary N) is 1. The Hall–Kier alpha value is -1.79. The molecule has 0 atom stereocenters. The Kier molecular flexibility index (Phi) is 3.52. The molecule has 5 nitrogen and oxygen atoms in total. The second kappa shape index (κ2) is 5.46. The van der Waals surface area contributed by atoms with Crippen LogP contribution in [0.4, 0.5) is 0 Å². The van der Waals surface area contributed by atoms with Gasteiger partial charge in [-0.25, -0.2) is 0 Å².